The van der Waals surface area contributed by atoms with E-state index in [1.165, 1.54) is 0 Å². The minimum absolute atomic E-state index is 0.0236. The Bertz CT molecular complexity index is 388. The van der Waals surface area contributed by atoms with Gasteiger partial charge >= 0.3 is 0 Å². The number of rotatable bonds is 1. The second kappa shape index (κ2) is 3.22. The summed E-state index contributed by atoms with van der Waals surface area (Å²) in [6, 6.07) is -0.0171. The number of amides is 2. The van der Waals surface area contributed by atoms with Crippen molar-refractivity contribution in [3.05, 3.63) is 0 Å². The molecule has 94 valence electrons. The molecule has 3 saturated heterocycles. The van der Waals surface area contributed by atoms with Gasteiger partial charge in [-0.2, -0.15) is 0 Å². The molecule has 0 aromatic carbocycles. The van der Waals surface area contributed by atoms with Gasteiger partial charge in [-0.15, -0.1) is 0 Å². The minimum atomic E-state index is -0.210. The van der Waals surface area contributed by atoms with Crippen LogP contribution in [0, 0.1) is 0 Å². The fourth-order valence-electron chi connectivity index (χ4n) is 2.86. The first-order chi connectivity index (χ1) is 7.88. The van der Waals surface area contributed by atoms with Crippen LogP contribution in [0.3, 0.4) is 0 Å². The fraction of sp³-hybridized carbons (Fsp3) is 0.833. The highest BCUT2D eigenvalue weighted by Gasteiger charge is 2.60. The van der Waals surface area contributed by atoms with Gasteiger partial charge in [-0.1, -0.05) is 0 Å². The van der Waals surface area contributed by atoms with Crippen molar-refractivity contribution in [3.63, 3.8) is 0 Å². The highest BCUT2D eigenvalue weighted by atomic mass is 16.2. The molecule has 5 nitrogen and oxygen atoms in total. The molecule has 0 unspecified atom stereocenters. The van der Waals surface area contributed by atoms with E-state index in [4.69, 9.17) is 0 Å². The van der Waals surface area contributed by atoms with Gasteiger partial charge in [-0.05, 0) is 27.2 Å². The molecule has 3 fully saturated rings. The average molecular weight is 237 g/mol. The number of carbonyl (C=O) groups is 2. The van der Waals surface area contributed by atoms with Crippen molar-refractivity contribution in [3.8, 4) is 0 Å². The van der Waals surface area contributed by atoms with Gasteiger partial charge in [0.05, 0.1) is 12.1 Å². The normalized spacial score (nSPS) is 35.8. The van der Waals surface area contributed by atoms with Gasteiger partial charge in [0.25, 0.3) is 0 Å². The zero-order chi connectivity index (χ0) is 12.4. The van der Waals surface area contributed by atoms with Crippen molar-refractivity contribution in [1.29, 1.82) is 0 Å². The first kappa shape index (κ1) is 11.0. The topological polar surface area (TPSA) is 52.4 Å². The molecule has 2 amide bonds. The molecule has 0 bridgehead atoms. The van der Waals surface area contributed by atoms with Crippen molar-refractivity contribution in [1.82, 2.24) is 15.1 Å². The Labute approximate surface area is 101 Å². The van der Waals surface area contributed by atoms with Crippen LogP contribution in [0.5, 0.6) is 0 Å². The highest BCUT2D eigenvalue weighted by molar-refractivity contribution is 5.93. The largest absolute Gasteiger partial charge is 0.350 e. The number of piperazine rings is 1. The number of fused-ring (bicyclic) bond motifs is 2. The van der Waals surface area contributed by atoms with Crippen LogP contribution in [-0.2, 0) is 9.59 Å². The van der Waals surface area contributed by atoms with E-state index in [1.54, 1.807) is 0 Å². The molecule has 17 heavy (non-hydrogen) atoms. The molecular weight excluding hydrogens is 218 g/mol. The Morgan fingerprint density at radius 2 is 2.12 bits per heavy atom. The SMILES string of the molecule is CC(C)(C)NC(=O)[C@@H]1[C@@H]2CN2C(=O)[C@@H]2CCN12. The minimum Gasteiger partial charge on any atom is -0.350 e. The third-order valence-corrected chi connectivity index (χ3v) is 3.77. The maximum absolute atomic E-state index is 12.3. The summed E-state index contributed by atoms with van der Waals surface area (Å²) in [5.41, 5.74) is -0.210. The number of hydrogen-bond donors (Lipinski definition) is 1. The molecule has 3 atom stereocenters. The van der Waals surface area contributed by atoms with Crippen molar-refractivity contribution < 1.29 is 9.59 Å². The number of hydrogen-bond acceptors (Lipinski definition) is 3. The summed E-state index contributed by atoms with van der Waals surface area (Å²) in [5.74, 6) is 0.295. The third-order valence-electron chi connectivity index (χ3n) is 3.77. The van der Waals surface area contributed by atoms with Crippen molar-refractivity contribution in [2.45, 2.75) is 50.9 Å². The average Bonchev–Trinajstić information content (AvgIpc) is 2.86. The molecule has 0 saturated carbocycles. The van der Waals surface area contributed by atoms with Crippen LogP contribution in [0.15, 0.2) is 0 Å². The Morgan fingerprint density at radius 3 is 2.65 bits per heavy atom. The van der Waals surface area contributed by atoms with Crippen molar-refractivity contribution >= 4 is 11.8 Å². The molecule has 0 radical (unpaired) electrons. The number of nitrogens with zero attached hydrogens (tertiary/aromatic N) is 2. The lowest BCUT2D eigenvalue weighted by Crippen LogP contribution is -2.68. The standard InChI is InChI=1S/C12H19N3O2/c1-12(2,3)13-10(16)9-8-6-15(8)11(17)7-4-5-14(7)9/h7-9H,4-6H2,1-3H3,(H,13,16)/t7-,8-,9-,15?/m0/s1. The third kappa shape index (κ3) is 1.64. The Kier molecular flexibility index (Phi) is 2.09. The monoisotopic (exact) mass is 237 g/mol. The first-order valence-corrected chi connectivity index (χ1v) is 6.27. The zero-order valence-electron chi connectivity index (χ0n) is 10.6. The predicted molar refractivity (Wildman–Crippen MR) is 62.3 cm³/mol. The zero-order valence-corrected chi connectivity index (χ0v) is 10.6. The van der Waals surface area contributed by atoms with Gasteiger partial charge in [0.1, 0.15) is 6.04 Å². The van der Waals surface area contributed by atoms with Crippen LogP contribution in [0.4, 0.5) is 0 Å². The number of carbonyl (C=O) groups excluding carboxylic acids is 2. The first-order valence-electron chi connectivity index (χ1n) is 6.27. The molecule has 3 rings (SSSR count). The van der Waals surface area contributed by atoms with Gasteiger partial charge in [0, 0.05) is 18.6 Å². The molecule has 3 aliphatic rings. The molecule has 3 heterocycles. The summed E-state index contributed by atoms with van der Waals surface area (Å²) in [7, 11) is 0. The molecule has 0 aliphatic carbocycles. The lowest BCUT2D eigenvalue weighted by Gasteiger charge is -2.47. The smallest absolute Gasteiger partial charge is 0.240 e. The molecular formula is C12H19N3O2. The van der Waals surface area contributed by atoms with Crippen molar-refractivity contribution in [2.24, 2.45) is 0 Å². The van der Waals surface area contributed by atoms with Gasteiger partial charge in [-0.25, -0.2) is 0 Å². The van der Waals surface area contributed by atoms with Crippen LogP contribution < -0.4 is 5.32 Å². The van der Waals surface area contributed by atoms with E-state index in [1.807, 2.05) is 25.7 Å². The molecule has 0 aromatic rings. The van der Waals surface area contributed by atoms with E-state index in [0.29, 0.717) is 0 Å². The molecule has 0 spiro atoms. The van der Waals surface area contributed by atoms with Crippen LogP contribution in [0.25, 0.3) is 0 Å². The summed E-state index contributed by atoms with van der Waals surface area (Å²) < 4.78 is 0. The molecule has 3 aliphatic heterocycles. The van der Waals surface area contributed by atoms with E-state index in [2.05, 4.69) is 10.2 Å². The van der Waals surface area contributed by atoms with Crippen LogP contribution >= 0.6 is 0 Å². The van der Waals surface area contributed by atoms with Gasteiger partial charge in [-0.3, -0.25) is 14.5 Å². The van der Waals surface area contributed by atoms with Gasteiger partial charge in [0.15, 0.2) is 0 Å². The van der Waals surface area contributed by atoms with E-state index in [0.717, 1.165) is 19.5 Å². The fourth-order valence-corrected chi connectivity index (χ4v) is 2.86. The highest BCUT2D eigenvalue weighted by Crippen LogP contribution is 2.38. The van der Waals surface area contributed by atoms with Gasteiger partial charge in [0.2, 0.25) is 11.8 Å². The molecule has 0 aromatic heterocycles. The Balaban J connectivity index is 1.75. The van der Waals surface area contributed by atoms with Gasteiger partial charge < -0.3 is 10.2 Å². The lowest BCUT2D eigenvalue weighted by atomic mass is 9.93. The Morgan fingerprint density at radius 1 is 1.41 bits per heavy atom. The number of nitrogens with one attached hydrogen (secondary N) is 1. The van der Waals surface area contributed by atoms with Crippen LogP contribution in [-0.4, -0.2) is 58.4 Å². The lowest BCUT2D eigenvalue weighted by molar-refractivity contribution is -0.150. The summed E-state index contributed by atoms with van der Waals surface area (Å²) >= 11 is 0. The van der Waals surface area contributed by atoms with Crippen molar-refractivity contribution in [2.75, 3.05) is 13.1 Å². The summed E-state index contributed by atoms with van der Waals surface area (Å²) in [4.78, 5) is 28.0. The van der Waals surface area contributed by atoms with E-state index >= 15 is 0 Å². The second-order valence-electron chi connectivity index (χ2n) is 6.28. The summed E-state index contributed by atoms with van der Waals surface area (Å²) in [6.07, 6.45) is 0.904. The second-order valence-corrected chi connectivity index (χ2v) is 6.28. The molecule has 5 heteroatoms. The maximum atomic E-state index is 12.3. The van der Waals surface area contributed by atoms with E-state index in [9.17, 15) is 9.59 Å². The molecule has 1 N–H and O–H groups in total. The van der Waals surface area contributed by atoms with Crippen LogP contribution in [0.2, 0.25) is 0 Å². The van der Waals surface area contributed by atoms with E-state index < -0.39 is 0 Å². The summed E-state index contributed by atoms with van der Waals surface area (Å²) in [5, 5.41) is 3.03. The predicted octanol–water partition coefficient (Wildman–Crippen LogP) is -0.432. The quantitative estimate of drug-likeness (QED) is 0.630. The van der Waals surface area contributed by atoms with E-state index in [-0.39, 0.29) is 35.5 Å². The summed E-state index contributed by atoms with van der Waals surface area (Å²) in [6.45, 7) is 7.59. The maximum Gasteiger partial charge on any atom is 0.240 e. The Hall–Kier alpha value is -1.10. The van der Waals surface area contributed by atoms with Crippen LogP contribution in [0.1, 0.15) is 27.2 Å².